The maximum Gasteiger partial charge on any atom is 0.0830 e. The highest BCUT2D eigenvalue weighted by atomic mass is 127. The van der Waals surface area contributed by atoms with Crippen molar-refractivity contribution in [2.45, 2.75) is 12.5 Å². The summed E-state index contributed by atoms with van der Waals surface area (Å²) >= 11 is 2.27. The molecule has 0 aliphatic carbocycles. The quantitative estimate of drug-likeness (QED) is 0.658. The van der Waals surface area contributed by atoms with Crippen molar-refractivity contribution in [3.63, 3.8) is 0 Å². The van der Waals surface area contributed by atoms with E-state index in [2.05, 4.69) is 52.9 Å². The highest BCUT2D eigenvalue weighted by molar-refractivity contribution is 14.1. The molecule has 2 heteroatoms. The molecule has 0 bridgehead atoms. The summed E-state index contributed by atoms with van der Waals surface area (Å²) in [6.07, 6.45) is 0.193. The van der Waals surface area contributed by atoms with Crippen LogP contribution < -0.4 is 0 Å². The SMILES string of the molecule is OC(Cc1ccc2ccccc2c1)c1ccc(I)cc1. The lowest BCUT2D eigenvalue weighted by molar-refractivity contribution is 0.178. The van der Waals surface area contributed by atoms with E-state index >= 15 is 0 Å². The van der Waals surface area contributed by atoms with Gasteiger partial charge in [0.25, 0.3) is 0 Å². The van der Waals surface area contributed by atoms with Crippen LogP contribution in [0.2, 0.25) is 0 Å². The number of fused-ring (bicyclic) bond motifs is 1. The van der Waals surface area contributed by atoms with E-state index in [-0.39, 0.29) is 0 Å². The lowest BCUT2D eigenvalue weighted by Crippen LogP contribution is -2.01. The number of benzene rings is 3. The lowest BCUT2D eigenvalue weighted by Gasteiger charge is -2.12. The Bertz CT molecular complexity index is 719. The maximum absolute atomic E-state index is 10.3. The fraction of sp³-hybridized carbons (Fsp3) is 0.111. The third kappa shape index (κ3) is 3.02. The molecule has 0 radical (unpaired) electrons. The van der Waals surface area contributed by atoms with E-state index in [9.17, 15) is 5.11 Å². The number of halogens is 1. The van der Waals surface area contributed by atoms with E-state index in [1.807, 2.05) is 36.4 Å². The molecule has 1 nitrogen and oxygen atoms in total. The monoisotopic (exact) mass is 374 g/mol. The summed E-state index contributed by atoms with van der Waals surface area (Å²) in [6, 6.07) is 22.7. The Kier molecular flexibility index (Phi) is 4.03. The minimum absolute atomic E-state index is 0.451. The predicted octanol–water partition coefficient (Wildman–Crippen LogP) is 4.72. The Hall–Kier alpha value is -1.39. The molecule has 0 heterocycles. The number of hydrogen-bond donors (Lipinski definition) is 1. The Morgan fingerprint density at radius 3 is 2.30 bits per heavy atom. The van der Waals surface area contributed by atoms with Gasteiger partial charge in [0.05, 0.1) is 6.10 Å². The fourth-order valence-electron chi connectivity index (χ4n) is 2.39. The number of hydrogen-bond acceptors (Lipinski definition) is 1. The van der Waals surface area contributed by atoms with Gasteiger partial charge in [-0.3, -0.25) is 0 Å². The highest BCUT2D eigenvalue weighted by Gasteiger charge is 2.08. The summed E-state index contributed by atoms with van der Waals surface area (Å²) in [5, 5.41) is 12.8. The molecule has 20 heavy (non-hydrogen) atoms. The molecule has 3 aromatic rings. The number of rotatable bonds is 3. The van der Waals surface area contributed by atoms with Gasteiger partial charge >= 0.3 is 0 Å². The van der Waals surface area contributed by atoms with Gasteiger partial charge < -0.3 is 5.11 Å². The van der Waals surface area contributed by atoms with Crippen molar-refractivity contribution in [3.8, 4) is 0 Å². The zero-order valence-electron chi connectivity index (χ0n) is 11.0. The largest absolute Gasteiger partial charge is 0.388 e. The summed E-state index contributed by atoms with van der Waals surface area (Å²) in [7, 11) is 0. The molecule has 0 fully saturated rings. The van der Waals surface area contributed by atoms with Crippen LogP contribution in [0.3, 0.4) is 0 Å². The fourth-order valence-corrected chi connectivity index (χ4v) is 2.75. The summed E-state index contributed by atoms with van der Waals surface area (Å²) in [5.41, 5.74) is 2.13. The molecule has 0 saturated heterocycles. The maximum atomic E-state index is 10.3. The van der Waals surface area contributed by atoms with Crippen molar-refractivity contribution >= 4 is 33.4 Å². The van der Waals surface area contributed by atoms with Crippen LogP contribution in [0, 0.1) is 3.57 Å². The van der Waals surface area contributed by atoms with Crippen molar-refractivity contribution in [2.75, 3.05) is 0 Å². The number of aliphatic hydroxyl groups is 1. The average molecular weight is 374 g/mol. The van der Waals surface area contributed by atoms with Gasteiger partial charge in [-0.2, -0.15) is 0 Å². The Balaban J connectivity index is 1.83. The van der Waals surface area contributed by atoms with Gasteiger partial charge in [0.15, 0.2) is 0 Å². The minimum Gasteiger partial charge on any atom is -0.388 e. The van der Waals surface area contributed by atoms with Crippen LogP contribution in [0.5, 0.6) is 0 Å². The van der Waals surface area contributed by atoms with Crippen molar-refractivity contribution in [3.05, 3.63) is 81.4 Å². The van der Waals surface area contributed by atoms with Gasteiger partial charge in [-0.05, 0) is 56.6 Å². The number of aliphatic hydroxyl groups excluding tert-OH is 1. The van der Waals surface area contributed by atoms with E-state index in [1.54, 1.807) is 0 Å². The molecule has 0 saturated carbocycles. The minimum atomic E-state index is -0.451. The molecular formula is C18H15IO. The molecular weight excluding hydrogens is 359 g/mol. The summed E-state index contributed by atoms with van der Waals surface area (Å²) < 4.78 is 1.18. The van der Waals surface area contributed by atoms with E-state index in [0.29, 0.717) is 6.42 Å². The molecule has 3 rings (SSSR count). The van der Waals surface area contributed by atoms with E-state index in [0.717, 1.165) is 11.1 Å². The van der Waals surface area contributed by atoms with Crippen LogP contribution in [-0.4, -0.2) is 5.11 Å². The summed E-state index contributed by atoms with van der Waals surface area (Å²) in [4.78, 5) is 0. The second kappa shape index (κ2) is 5.94. The molecule has 1 unspecified atom stereocenters. The van der Waals surface area contributed by atoms with E-state index in [1.165, 1.54) is 14.3 Å². The van der Waals surface area contributed by atoms with Crippen molar-refractivity contribution in [1.29, 1.82) is 0 Å². The second-order valence-electron chi connectivity index (χ2n) is 4.95. The molecule has 0 spiro atoms. The first-order valence-corrected chi connectivity index (χ1v) is 7.71. The molecule has 1 atom stereocenters. The first kappa shape index (κ1) is 13.6. The smallest absolute Gasteiger partial charge is 0.0830 e. The first-order valence-electron chi connectivity index (χ1n) is 6.63. The molecule has 0 aromatic heterocycles. The van der Waals surface area contributed by atoms with Crippen molar-refractivity contribution in [1.82, 2.24) is 0 Å². The topological polar surface area (TPSA) is 20.2 Å². The summed E-state index contributed by atoms with van der Waals surface area (Å²) in [6.45, 7) is 0. The van der Waals surface area contributed by atoms with Crippen LogP contribution in [-0.2, 0) is 6.42 Å². The molecule has 1 N–H and O–H groups in total. The van der Waals surface area contributed by atoms with Gasteiger partial charge in [-0.25, -0.2) is 0 Å². The van der Waals surface area contributed by atoms with Crippen molar-refractivity contribution in [2.24, 2.45) is 0 Å². The lowest BCUT2D eigenvalue weighted by atomic mass is 9.99. The van der Waals surface area contributed by atoms with Gasteiger partial charge in [0.2, 0.25) is 0 Å². The zero-order chi connectivity index (χ0) is 13.9. The van der Waals surface area contributed by atoms with Crippen molar-refractivity contribution < 1.29 is 5.11 Å². The second-order valence-corrected chi connectivity index (χ2v) is 6.20. The van der Waals surface area contributed by atoms with Crippen LogP contribution in [0.15, 0.2) is 66.7 Å². The Morgan fingerprint density at radius 1 is 0.850 bits per heavy atom. The zero-order valence-corrected chi connectivity index (χ0v) is 13.1. The van der Waals surface area contributed by atoms with Gasteiger partial charge in [0.1, 0.15) is 0 Å². The highest BCUT2D eigenvalue weighted by Crippen LogP contribution is 2.22. The molecule has 0 amide bonds. The third-order valence-corrected chi connectivity index (χ3v) is 4.22. The molecule has 100 valence electrons. The Labute approximate surface area is 132 Å². The Morgan fingerprint density at radius 2 is 1.55 bits per heavy atom. The first-order chi connectivity index (χ1) is 9.72. The third-order valence-electron chi connectivity index (χ3n) is 3.50. The van der Waals surface area contributed by atoms with Gasteiger partial charge in [0, 0.05) is 9.99 Å². The molecule has 0 aliphatic rings. The summed E-state index contributed by atoms with van der Waals surface area (Å²) in [5.74, 6) is 0. The van der Waals surface area contributed by atoms with E-state index < -0.39 is 6.10 Å². The van der Waals surface area contributed by atoms with Crippen LogP contribution >= 0.6 is 22.6 Å². The van der Waals surface area contributed by atoms with Crippen LogP contribution in [0.4, 0.5) is 0 Å². The van der Waals surface area contributed by atoms with E-state index in [4.69, 9.17) is 0 Å². The molecule has 0 aliphatic heterocycles. The molecule has 3 aromatic carbocycles. The van der Waals surface area contributed by atoms with Gasteiger partial charge in [-0.15, -0.1) is 0 Å². The normalized spacial score (nSPS) is 12.5. The van der Waals surface area contributed by atoms with Crippen LogP contribution in [0.1, 0.15) is 17.2 Å². The standard InChI is InChI=1S/C18H15IO/c19-17-9-7-15(8-10-17)18(20)12-13-5-6-14-3-1-2-4-16(14)11-13/h1-11,18,20H,12H2. The van der Waals surface area contributed by atoms with Crippen LogP contribution in [0.25, 0.3) is 10.8 Å². The predicted molar refractivity (Wildman–Crippen MR) is 91.8 cm³/mol. The average Bonchev–Trinajstić information content (AvgIpc) is 2.48. The van der Waals surface area contributed by atoms with Gasteiger partial charge in [-0.1, -0.05) is 54.6 Å².